The van der Waals surface area contributed by atoms with Gasteiger partial charge in [-0.2, -0.15) is 5.26 Å². The maximum atomic E-state index is 8.87. The molecule has 2 rings (SSSR count). The number of ether oxygens (including phenoxy) is 1. The molecule has 1 spiro atoms. The predicted octanol–water partition coefficient (Wildman–Crippen LogP) is 2.32. The predicted molar refractivity (Wildman–Crippen MR) is 63.0 cm³/mol. The van der Waals surface area contributed by atoms with E-state index in [1.807, 2.05) is 0 Å². The molecule has 16 heavy (non-hydrogen) atoms. The van der Waals surface area contributed by atoms with E-state index in [1.54, 1.807) is 0 Å². The third-order valence-corrected chi connectivity index (χ3v) is 4.03. The van der Waals surface area contributed by atoms with Gasteiger partial charge in [-0.1, -0.05) is 6.92 Å². The second kappa shape index (κ2) is 5.16. The van der Waals surface area contributed by atoms with E-state index in [-0.39, 0.29) is 5.60 Å². The standard InChI is InChI=1S/C13H22N2O/c1-2-8-15(9-7-14)12-4-10-16-13(11-12)5-3-6-13/h12H,2-6,8-11H2,1H3. The van der Waals surface area contributed by atoms with Crippen LogP contribution >= 0.6 is 0 Å². The third kappa shape index (κ3) is 2.39. The zero-order chi connectivity index (χ0) is 11.4. The van der Waals surface area contributed by atoms with E-state index in [1.165, 1.54) is 19.3 Å². The van der Waals surface area contributed by atoms with Crippen LogP contribution in [-0.2, 0) is 4.74 Å². The average molecular weight is 222 g/mol. The molecular formula is C13H22N2O. The summed E-state index contributed by atoms with van der Waals surface area (Å²) in [4.78, 5) is 2.35. The van der Waals surface area contributed by atoms with Crippen LogP contribution in [0.15, 0.2) is 0 Å². The lowest BCUT2D eigenvalue weighted by Crippen LogP contribution is -2.52. The maximum Gasteiger partial charge on any atom is 0.0868 e. The Kier molecular flexibility index (Phi) is 3.83. The van der Waals surface area contributed by atoms with Crippen LogP contribution in [0.5, 0.6) is 0 Å². The van der Waals surface area contributed by atoms with E-state index in [0.717, 1.165) is 32.4 Å². The van der Waals surface area contributed by atoms with Crippen LogP contribution in [0.2, 0.25) is 0 Å². The Hall–Kier alpha value is -0.590. The highest BCUT2D eigenvalue weighted by molar-refractivity contribution is 4.97. The highest BCUT2D eigenvalue weighted by atomic mass is 16.5. The molecule has 0 aromatic rings. The lowest BCUT2D eigenvalue weighted by molar-refractivity contribution is -0.147. The summed E-state index contributed by atoms with van der Waals surface area (Å²) in [5.74, 6) is 0. The van der Waals surface area contributed by atoms with Crippen molar-refractivity contribution < 1.29 is 4.74 Å². The van der Waals surface area contributed by atoms with Crippen LogP contribution in [0.3, 0.4) is 0 Å². The van der Waals surface area contributed by atoms with Crippen LogP contribution in [0.1, 0.15) is 45.4 Å². The number of hydrogen-bond donors (Lipinski definition) is 0. The molecule has 1 unspecified atom stereocenters. The van der Waals surface area contributed by atoms with Crippen molar-refractivity contribution in [1.82, 2.24) is 4.90 Å². The first-order chi connectivity index (χ1) is 7.79. The molecule has 0 bridgehead atoms. The Morgan fingerprint density at radius 2 is 2.31 bits per heavy atom. The molecular weight excluding hydrogens is 200 g/mol. The summed E-state index contributed by atoms with van der Waals surface area (Å²) in [5.41, 5.74) is 0.199. The van der Waals surface area contributed by atoms with Crippen LogP contribution in [0.4, 0.5) is 0 Å². The molecule has 0 amide bonds. The molecule has 3 nitrogen and oxygen atoms in total. The average Bonchev–Trinajstić information content (AvgIpc) is 2.27. The third-order valence-electron chi connectivity index (χ3n) is 4.03. The summed E-state index contributed by atoms with van der Waals surface area (Å²) >= 11 is 0. The van der Waals surface area contributed by atoms with Crippen LogP contribution < -0.4 is 0 Å². The second-order valence-electron chi connectivity index (χ2n) is 5.16. The molecule has 1 atom stereocenters. The first-order valence-corrected chi connectivity index (χ1v) is 6.54. The van der Waals surface area contributed by atoms with E-state index in [0.29, 0.717) is 12.6 Å². The summed E-state index contributed by atoms with van der Waals surface area (Å²) < 4.78 is 5.93. The van der Waals surface area contributed by atoms with Gasteiger partial charge in [0.25, 0.3) is 0 Å². The van der Waals surface area contributed by atoms with Crippen LogP contribution in [-0.4, -0.2) is 36.2 Å². The number of rotatable bonds is 4. The smallest absolute Gasteiger partial charge is 0.0868 e. The van der Waals surface area contributed by atoms with Gasteiger partial charge in [0, 0.05) is 12.6 Å². The van der Waals surface area contributed by atoms with Crippen LogP contribution in [0.25, 0.3) is 0 Å². The van der Waals surface area contributed by atoms with Crippen molar-refractivity contribution in [2.75, 3.05) is 19.7 Å². The van der Waals surface area contributed by atoms with Gasteiger partial charge in [-0.05, 0) is 45.1 Å². The van der Waals surface area contributed by atoms with Crippen LogP contribution in [0, 0.1) is 11.3 Å². The lowest BCUT2D eigenvalue weighted by Gasteiger charge is -2.49. The summed E-state index contributed by atoms with van der Waals surface area (Å²) in [6.45, 7) is 4.70. The minimum atomic E-state index is 0.199. The van der Waals surface area contributed by atoms with Crippen molar-refractivity contribution >= 4 is 0 Å². The zero-order valence-corrected chi connectivity index (χ0v) is 10.2. The fourth-order valence-electron chi connectivity index (χ4n) is 3.00. The first-order valence-electron chi connectivity index (χ1n) is 6.54. The zero-order valence-electron chi connectivity index (χ0n) is 10.2. The SMILES string of the molecule is CCCN(CC#N)C1CCOC2(CCC2)C1. The summed E-state index contributed by atoms with van der Waals surface area (Å²) in [5, 5.41) is 8.87. The van der Waals surface area contributed by atoms with Crippen molar-refractivity contribution in [3.8, 4) is 6.07 Å². The fourth-order valence-corrected chi connectivity index (χ4v) is 3.00. The normalized spacial score (nSPS) is 27.7. The lowest BCUT2D eigenvalue weighted by atomic mass is 9.73. The molecule has 2 aliphatic rings. The number of nitriles is 1. The van der Waals surface area contributed by atoms with Crippen molar-refractivity contribution in [1.29, 1.82) is 5.26 Å². The van der Waals surface area contributed by atoms with Gasteiger partial charge in [0.15, 0.2) is 0 Å². The molecule has 90 valence electrons. The summed E-state index contributed by atoms with van der Waals surface area (Å²) in [6, 6.07) is 2.88. The molecule has 0 N–H and O–H groups in total. The monoisotopic (exact) mass is 222 g/mol. The van der Waals surface area contributed by atoms with Crippen molar-refractivity contribution in [3.63, 3.8) is 0 Å². The Balaban J connectivity index is 1.93. The van der Waals surface area contributed by atoms with E-state index < -0.39 is 0 Å². The Labute approximate surface area is 98.4 Å². The minimum Gasteiger partial charge on any atom is -0.375 e. The molecule has 0 radical (unpaired) electrons. The molecule has 2 fully saturated rings. The molecule has 3 heteroatoms. The molecule has 1 saturated carbocycles. The van der Waals surface area contributed by atoms with Gasteiger partial charge in [0.2, 0.25) is 0 Å². The van der Waals surface area contributed by atoms with E-state index >= 15 is 0 Å². The topological polar surface area (TPSA) is 36.3 Å². The van der Waals surface area contributed by atoms with Gasteiger partial charge in [-0.15, -0.1) is 0 Å². The Morgan fingerprint density at radius 1 is 1.50 bits per heavy atom. The highest BCUT2D eigenvalue weighted by Crippen LogP contribution is 2.43. The van der Waals surface area contributed by atoms with E-state index in [2.05, 4.69) is 17.9 Å². The number of hydrogen-bond acceptors (Lipinski definition) is 3. The fraction of sp³-hybridized carbons (Fsp3) is 0.923. The number of nitrogens with zero attached hydrogens (tertiary/aromatic N) is 2. The van der Waals surface area contributed by atoms with Gasteiger partial charge < -0.3 is 4.74 Å². The molecule has 0 aromatic heterocycles. The highest BCUT2D eigenvalue weighted by Gasteiger charge is 2.43. The van der Waals surface area contributed by atoms with E-state index in [9.17, 15) is 0 Å². The van der Waals surface area contributed by atoms with Crippen molar-refractivity contribution in [2.45, 2.75) is 57.1 Å². The van der Waals surface area contributed by atoms with Crippen molar-refractivity contribution in [2.24, 2.45) is 0 Å². The van der Waals surface area contributed by atoms with E-state index in [4.69, 9.17) is 10.00 Å². The van der Waals surface area contributed by atoms with Gasteiger partial charge in [0.05, 0.1) is 18.2 Å². The molecule has 0 aromatic carbocycles. The molecule has 1 aliphatic heterocycles. The molecule has 1 heterocycles. The van der Waals surface area contributed by atoms with Crippen molar-refractivity contribution in [3.05, 3.63) is 0 Å². The summed E-state index contributed by atoms with van der Waals surface area (Å²) in [7, 11) is 0. The van der Waals surface area contributed by atoms with Gasteiger partial charge in [-0.3, -0.25) is 4.90 Å². The second-order valence-corrected chi connectivity index (χ2v) is 5.16. The van der Waals surface area contributed by atoms with Gasteiger partial charge >= 0.3 is 0 Å². The minimum absolute atomic E-state index is 0.199. The quantitative estimate of drug-likeness (QED) is 0.685. The Morgan fingerprint density at radius 3 is 2.88 bits per heavy atom. The Bertz CT molecular complexity index is 268. The maximum absolute atomic E-state index is 8.87. The van der Waals surface area contributed by atoms with Gasteiger partial charge in [0.1, 0.15) is 0 Å². The summed E-state index contributed by atoms with van der Waals surface area (Å²) in [6.07, 6.45) is 7.16. The van der Waals surface area contributed by atoms with Gasteiger partial charge in [-0.25, -0.2) is 0 Å². The largest absolute Gasteiger partial charge is 0.375 e. The molecule has 1 saturated heterocycles. The first kappa shape index (κ1) is 11.9. The molecule has 1 aliphatic carbocycles.